The topological polar surface area (TPSA) is 166 Å². The highest BCUT2D eigenvalue weighted by Crippen LogP contribution is 2.36. The van der Waals surface area contributed by atoms with Gasteiger partial charge in [0.2, 0.25) is 0 Å². The minimum atomic E-state index is -3.50. The standard InChI is InChI=1S/C4H13O3PS.3H3N/c1-3-9(4-2)8(5,6)7;;;/h5-7H,3-4H2,1-2H3;3*1H3. The average molecular weight is 223 g/mol. The van der Waals surface area contributed by atoms with Crippen LogP contribution in [0.25, 0.3) is 0 Å². The smallest absolute Gasteiger partial charge is 0.277 e. The predicted octanol–water partition coefficient (Wildman–Crippen LogP) is 0.785. The number of rotatable bonds is 2. The summed E-state index contributed by atoms with van der Waals surface area (Å²) in [7, 11) is -0.578. The van der Waals surface area contributed by atoms with E-state index in [2.05, 4.69) is 0 Å². The van der Waals surface area contributed by atoms with Crippen LogP contribution in [-0.2, 0) is 10.1 Å². The number of hydrogen-bond acceptors (Lipinski definition) is 3. The van der Waals surface area contributed by atoms with Crippen LogP contribution in [0.4, 0.5) is 0 Å². The SMILES string of the molecule is CCS(CC)=P(O)(O)O.N.N.N. The summed E-state index contributed by atoms with van der Waals surface area (Å²) in [4.78, 5) is 26.1. The van der Waals surface area contributed by atoms with Crippen LogP contribution in [0.15, 0.2) is 0 Å². The Balaban J connectivity index is -0.000000107. The van der Waals surface area contributed by atoms with Crippen LogP contribution < -0.4 is 18.5 Å². The summed E-state index contributed by atoms with van der Waals surface area (Å²) >= 11 is 0. The van der Waals surface area contributed by atoms with Crippen LogP contribution in [0.2, 0.25) is 0 Å². The molecule has 0 aromatic heterocycles. The Kier molecular flexibility index (Phi) is 18.4. The fraction of sp³-hybridized carbons (Fsp3) is 1.00. The lowest BCUT2D eigenvalue weighted by Gasteiger charge is -2.10. The summed E-state index contributed by atoms with van der Waals surface area (Å²) in [6.45, 7) is 0.177. The second-order valence-electron chi connectivity index (χ2n) is 1.55. The van der Waals surface area contributed by atoms with Gasteiger partial charge in [-0.05, 0) is 11.5 Å². The molecule has 0 spiro atoms. The van der Waals surface area contributed by atoms with E-state index >= 15 is 0 Å². The lowest BCUT2D eigenvalue weighted by atomic mass is 11.0. The van der Waals surface area contributed by atoms with Crippen molar-refractivity contribution >= 4 is 16.8 Å². The van der Waals surface area contributed by atoms with Crippen LogP contribution in [-0.4, -0.2) is 26.2 Å². The van der Waals surface area contributed by atoms with Gasteiger partial charge in [-0.3, -0.25) is 0 Å². The van der Waals surface area contributed by atoms with E-state index in [0.29, 0.717) is 11.5 Å². The van der Waals surface area contributed by atoms with E-state index in [1.807, 2.05) is 13.8 Å². The van der Waals surface area contributed by atoms with Gasteiger partial charge in [0.1, 0.15) is 0 Å². The van der Waals surface area contributed by atoms with Crippen molar-refractivity contribution in [2.75, 3.05) is 11.5 Å². The van der Waals surface area contributed by atoms with Gasteiger partial charge in [0, 0.05) is 0 Å². The Morgan fingerprint density at radius 1 is 0.917 bits per heavy atom. The Morgan fingerprint density at radius 3 is 1.17 bits per heavy atom. The minimum absolute atomic E-state index is 0. The Labute approximate surface area is 75.9 Å². The molecule has 0 aliphatic heterocycles. The van der Waals surface area contributed by atoms with E-state index in [4.69, 9.17) is 14.7 Å². The van der Waals surface area contributed by atoms with E-state index in [-0.39, 0.29) is 18.5 Å². The Morgan fingerprint density at radius 2 is 1.17 bits per heavy atom. The quantitative estimate of drug-likeness (QED) is 0.378. The fourth-order valence-corrected chi connectivity index (χ4v) is 3.73. The summed E-state index contributed by atoms with van der Waals surface area (Å²) in [6, 6.07) is 0. The molecule has 0 heterocycles. The van der Waals surface area contributed by atoms with Gasteiger partial charge in [0.25, 0.3) is 6.72 Å². The van der Waals surface area contributed by atoms with E-state index in [1.165, 1.54) is 0 Å². The first kappa shape index (κ1) is 22.9. The van der Waals surface area contributed by atoms with Gasteiger partial charge in [-0.15, -0.1) is 10.1 Å². The molecule has 0 aliphatic carbocycles. The van der Waals surface area contributed by atoms with Crippen LogP contribution in [0, 0.1) is 0 Å². The van der Waals surface area contributed by atoms with Crippen molar-refractivity contribution < 1.29 is 14.7 Å². The molecule has 0 fully saturated rings. The van der Waals surface area contributed by atoms with Gasteiger partial charge in [-0.2, -0.15) is 0 Å². The first-order valence-corrected chi connectivity index (χ1v) is 6.59. The van der Waals surface area contributed by atoms with Gasteiger partial charge in [0.15, 0.2) is 0 Å². The maximum atomic E-state index is 8.71. The van der Waals surface area contributed by atoms with Gasteiger partial charge in [-0.25, -0.2) is 0 Å². The van der Waals surface area contributed by atoms with E-state index in [0.717, 1.165) is 0 Å². The molecule has 0 saturated heterocycles. The maximum Gasteiger partial charge on any atom is 0.277 e. The van der Waals surface area contributed by atoms with Crippen molar-refractivity contribution in [1.29, 1.82) is 0 Å². The van der Waals surface area contributed by atoms with Gasteiger partial charge in [0.05, 0.1) is 0 Å². The van der Waals surface area contributed by atoms with Crippen LogP contribution >= 0.6 is 6.72 Å². The molecule has 0 unspecified atom stereocenters. The first-order valence-electron chi connectivity index (χ1n) is 2.77. The second-order valence-corrected chi connectivity index (χ2v) is 7.68. The summed E-state index contributed by atoms with van der Waals surface area (Å²) in [5.41, 5.74) is 0. The molecule has 0 aromatic rings. The summed E-state index contributed by atoms with van der Waals surface area (Å²) in [6.07, 6.45) is 0. The zero-order valence-corrected chi connectivity index (χ0v) is 9.44. The molecule has 0 aromatic carbocycles. The van der Waals surface area contributed by atoms with Gasteiger partial charge in [-0.1, -0.05) is 13.8 Å². The third-order valence-corrected chi connectivity index (χ3v) is 6.67. The summed E-state index contributed by atoms with van der Waals surface area (Å²) in [5, 5.41) is 0. The highest BCUT2D eigenvalue weighted by molar-refractivity contribution is 8.27. The van der Waals surface area contributed by atoms with E-state index in [9.17, 15) is 0 Å². The molecule has 6 nitrogen and oxygen atoms in total. The van der Waals surface area contributed by atoms with E-state index in [1.54, 1.807) is 0 Å². The molecular weight excluding hydrogens is 201 g/mol. The molecule has 0 atom stereocenters. The van der Waals surface area contributed by atoms with Crippen LogP contribution in [0.5, 0.6) is 0 Å². The van der Waals surface area contributed by atoms with Crippen molar-refractivity contribution in [2.45, 2.75) is 13.8 Å². The van der Waals surface area contributed by atoms with Crippen LogP contribution in [0.1, 0.15) is 13.8 Å². The maximum absolute atomic E-state index is 8.71. The largest absolute Gasteiger partial charge is 0.344 e. The highest BCUT2D eigenvalue weighted by Gasteiger charge is 2.07. The molecule has 0 rings (SSSR count). The van der Waals surface area contributed by atoms with E-state index < -0.39 is 16.8 Å². The molecule has 82 valence electrons. The molecule has 0 aliphatic rings. The molecular formula is C4H22N3O3PS. The minimum Gasteiger partial charge on any atom is -0.344 e. The zero-order chi connectivity index (χ0) is 7.49. The van der Waals surface area contributed by atoms with Crippen LogP contribution in [0.3, 0.4) is 0 Å². The second kappa shape index (κ2) is 9.63. The monoisotopic (exact) mass is 223 g/mol. The molecule has 0 saturated carbocycles. The fourth-order valence-electron chi connectivity index (χ4n) is 0.551. The lowest BCUT2D eigenvalue weighted by molar-refractivity contribution is 0.362. The molecule has 0 amide bonds. The molecule has 12 N–H and O–H groups in total. The van der Waals surface area contributed by atoms with Crippen molar-refractivity contribution in [2.24, 2.45) is 0 Å². The molecule has 12 heavy (non-hydrogen) atoms. The van der Waals surface area contributed by atoms with Crippen molar-refractivity contribution in [3.63, 3.8) is 0 Å². The van der Waals surface area contributed by atoms with Gasteiger partial charge < -0.3 is 33.1 Å². The highest BCUT2D eigenvalue weighted by atomic mass is 32.5. The summed E-state index contributed by atoms with van der Waals surface area (Å²) < 4.78 is 0. The average Bonchev–Trinajstić information content (AvgIpc) is 1.65. The van der Waals surface area contributed by atoms with Crippen molar-refractivity contribution in [3.05, 3.63) is 0 Å². The third-order valence-electron chi connectivity index (χ3n) is 1.01. The molecule has 0 bridgehead atoms. The first-order chi connectivity index (χ1) is 4.02. The van der Waals surface area contributed by atoms with Crippen molar-refractivity contribution in [1.82, 2.24) is 18.5 Å². The molecule has 0 radical (unpaired) electrons. The Bertz CT molecular complexity index is 134. The van der Waals surface area contributed by atoms with Crippen molar-refractivity contribution in [3.8, 4) is 0 Å². The summed E-state index contributed by atoms with van der Waals surface area (Å²) in [5.74, 6) is 1.29. The third kappa shape index (κ3) is 8.63. The van der Waals surface area contributed by atoms with Gasteiger partial charge >= 0.3 is 0 Å². The Hall–Kier alpha value is 0.540. The number of hydrogen-bond donors (Lipinski definition) is 6. The normalized spacial score (nSPS) is 9.50. The molecule has 8 heteroatoms. The zero-order valence-electron chi connectivity index (χ0n) is 7.73. The lowest BCUT2D eigenvalue weighted by Crippen LogP contribution is -1.99. The predicted molar refractivity (Wildman–Crippen MR) is 57.1 cm³/mol.